The van der Waals surface area contributed by atoms with E-state index in [-0.39, 0.29) is 11.9 Å². The van der Waals surface area contributed by atoms with E-state index in [4.69, 9.17) is 0 Å². The fraction of sp³-hybridized carbons (Fsp3) is 0.304. The molecule has 6 heteroatoms. The van der Waals surface area contributed by atoms with E-state index in [9.17, 15) is 4.79 Å². The molecule has 0 radical (unpaired) electrons. The summed E-state index contributed by atoms with van der Waals surface area (Å²) >= 11 is 1.54. The number of likely N-dealkylation sites (tertiary alicyclic amines) is 1. The van der Waals surface area contributed by atoms with Gasteiger partial charge in [0, 0.05) is 31.4 Å². The van der Waals surface area contributed by atoms with Crippen molar-refractivity contribution in [2.75, 3.05) is 19.3 Å². The van der Waals surface area contributed by atoms with Crippen LogP contribution >= 0.6 is 11.8 Å². The third kappa shape index (κ3) is 4.71. The van der Waals surface area contributed by atoms with Gasteiger partial charge in [-0.3, -0.25) is 14.3 Å². The number of nitrogens with one attached hydrogen (secondary N) is 1. The van der Waals surface area contributed by atoms with Gasteiger partial charge >= 0.3 is 0 Å². The summed E-state index contributed by atoms with van der Waals surface area (Å²) in [5.74, 6) is -0.0526. The Hall–Kier alpha value is -2.57. The zero-order valence-electron chi connectivity index (χ0n) is 16.6. The maximum Gasteiger partial charge on any atom is 0.270 e. The van der Waals surface area contributed by atoms with Gasteiger partial charge in [0.05, 0.1) is 6.20 Å². The van der Waals surface area contributed by atoms with Crippen molar-refractivity contribution in [2.24, 2.45) is 0 Å². The highest BCUT2D eigenvalue weighted by atomic mass is 32.2. The van der Waals surface area contributed by atoms with E-state index in [1.165, 1.54) is 5.56 Å². The average molecular weight is 407 g/mol. The molecule has 0 atom stereocenters. The monoisotopic (exact) mass is 406 g/mol. The molecular weight excluding hydrogens is 380 g/mol. The van der Waals surface area contributed by atoms with Crippen molar-refractivity contribution in [1.29, 1.82) is 0 Å². The van der Waals surface area contributed by atoms with Crippen LogP contribution in [0, 0.1) is 0 Å². The van der Waals surface area contributed by atoms with Crippen molar-refractivity contribution >= 4 is 17.7 Å². The molecule has 2 heterocycles. The molecule has 0 unspecified atom stereocenters. The Bertz CT molecular complexity index is 934. The van der Waals surface area contributed by atoms with Crippen molar-refractivity contribution in [1.82, 2.24) is 19.8 Å². The first-order valence-corrected chi connectivity index (χ1v) is 11.2. The molecule has 0 spiro atoms. The van der Waals surface area contributed by atoms with Gasteiger partial charge in [0.2, 0.25) is 0 Å². The molecule has 0 saturated carbocycles. The van der Waals surface area contributed by atoms with E-state index in [1.54, 1.807) is 18.0 Å². The SMILES string of the molecule is CSc1ncc(C(=O)NC2CCN(Cc3ccccc3)CC2)n1-c1ccccc1. The topological polar surface area (TPSA) is 50.2 Å². The Balaban J connectivity index is 1.39. The summed E-state index contributed by atoms with van der Waals surface area (Å²) in [5, 5.41) is 4.05. The third-order valence-corrected chi connectivity index (χ3v) is 5.98. The first-order valence-electron chi connectivity index (χ1n) is 9.99. The molecule has 3 aromatic rings. The molecule has 1 amide bonds. The van der Waals surface area contributed by atoms with Crippen LogP contribution in [0.3, 0.4) is 0 Å². The molecule has 5 nitrogen and oxygen atoms in total. The maximum atomic E-state index is 13.0. The fourth-order valence-electron chi connectivity index (χ4n) is 3.80. The Morgan fingerprint density at radius 3 is 2.38 bits per heavy atom. The minimum absolute atomic E-state index is 0.0526. The first kappa shape index (κ1) is 19.7. The molecule has 4 rings (SSSR count). The summed E-state index contributed by atoms with van der Waals surface area (Å²) in [6.45, 7) is 2.96. The van der Waals surface area contributed by atoms with Crippen LogP contribution in [-0.2, 0) is 6.54 Å². The van der Waals surface area contributed by atoms with E-state index in [0.29, 0.717) is 5.69 Å². The number of hydrogen-bond acceptors (Lipinski definition) is 4. The minimum atomic E-state index is -0.0526. The van der Waals surface area contributed by atoms with Crippen LogP contribution < -0.4 is 5.32 Å². The van der Waals surface area contributed by atoms with Gasteiger partial charge in [-0.15, -0.1) is 0 Å². The van der Waals surface area contributed by atoms with Crippen LogP contribution in [0.1, 0.15) is 28.9 Å². The lowest BCUT2D eigenvalue weighted by atomic mass is 10.0. The van der Waals surface area contributed by atoms with Gasteiger partial charge in [0.1, 0.15) is 5.69 Å². The molecule has 1 fully saturated rings. The molecule has 2 aromatic carbocycles. The largest absolute Gasteiger partial charge is 0.348 e. The molecule has 1 aromatic heterocycles. The number of thioether (sulfide) groups is 1. The second-order valence-electron chi connectivity index (χ2n) is 7.31. The normalized spacial score (nSPS) is 15.3. The second-order valence-corrected chi connectivity index (χ2v) is 8.08. The number of carbonyl (C=O) groups excluding carboxylic acids is 1. The van der Waals surface area contributed by atoms with E-state index in [0.717, 1.165) is 43.3 Å². The zero-order valence-corrected chi connectivity index (χ0v) is 17.4. The van der Waals surface area contributed by atoms with Crippen LogP contribution in [0.15, 0.2) is 72.0 Å². The quantitative estimate of drug-likeness (QED) is 0.629. The molecule has 0 aliphatic carbocycles. The van der Waals surface area contributed by atoms with Crippen LogP contribution in [-0.4, -0.2) is 45.7 Å². The highest BCUT2D eigenvalue weighted by Gasteiger charge is 2.24. The fourth-order valence-corrected chi connectivity index (χ4v) is 4.35. The summed E-state index contributed by atoms with van der Waals surface area (Å²) in [4.78, 5) is 19.9. The van der Waals surface area contributed by atoms with Crippen LogP contribution in [0.2, 0.25) is 0 Å². The molecule has 150 valence electrons. The van der Waals surface area contributed by atoms with E-state index in [2.05, 4.69) is 39.5 Å². The Morgan fingerprint density at radius 1 is 1.07 bits per heavy atom. The number of aromatic nitrogens is 2. The number of imidazole rings is 1. The van der Waals surface area contributed by atoms with Crippen molar-refractivity contribution in [3.63, 3.8) is 0 Å². The summed E-state index contributed by atoms with van der Waals surface area (Å²) in [6.07, 6.45) is 5.59. The van der Waals surface area contributed by atoms with E-state index < -0.39 is 0 Å². The van der Waals surface area contributed by atoms with Gasteiger partial charge in [0.25, 0.3) is 5.91 Å². The summed E-state index contributed by atoms with van der Waals surface area (Å²) in [7, 11) is 0. The van der Waals surface area contributed by atoms with Gasteiger partial charge in [-0.25, -0.2) is 4.98 Å². The number of hydrogen-bond donors (Lipinski definition) is 1. The number of piperidine rings is 1. The minimum Gasteiger partial charge on any atom is -0.348 e. The van der Waals surface area contributed by atoms with Crippen molar-refractivity contribution in [3.8, 4) is 5.69 Å². The number of amides is 1. The summed E-state index contributed by atoms with van der Waals surface area (Å²) in [6, 6.07) is 20.7. The van der Waals surface area contributed by atoms with Gasteiger partial charge in [0.15, 0.2) is 5.16 Å². The van der Waals surface area contributed by atoms with Crippen molar-refractivity contribution < 1.29 is 4.79 Å². The number of rotatable bonds is 6. The highest BCUT2D eigenvalue weighted by molar-refractivity contribution is 7.98. The first-order chi connectivity index (χ1) is 14.2. The Morgan fingerprint density at radius 2 is 1.72 bits per heavy atom. The summed E-state index contributed by atoms with van der Waals surface area (Å²) < 4.78 is 1.94. The highest BCUT2D eigenvalue weighted by Crippen LogP contribution is 2.22. The predicted octanol–water partition coefficient (Wildman–Crippen LogP) is 3.99. The standard InChI is InChI=1S/C23H26N4OS/c1-29-23-24-16-21(27(23)20-10-6-3-7-11-20)22(28)25-19-12-14-26(15-13-19)17-18-8-4-2-5-9-18/h2-11,16,19H,12-15,17H2,1H3,(H,25,28). The summed E-state index contributed by atoms with van der Waals surface area (Å²) in [5.41, 5.74) is 2.88. The van der Waals surface area contributed by atoms with E-state index in [1.807, 2.05) is 47.2 Å². The number of nitrogens with zero attached hydrogens (tertiary/aromatic N) is 3. The number of para-hydroxylation sites is 1. The number of carbonyl (C=O) groups is 1. The Labute approximate surface area is 176 Å². The van der Waals surface area contributed by atoms with Gasteiger partial charge < -0.3 is 5.32 Å². The van der Waals surface area contributed by atoms with Crippen LogP contribution in [0.4, 0.5) is 0 Å². The lowest BCUT2D eigenvalue weighted by Crippen LogP contribution is -2.44. The van der Waals surface area contributed by atoms with Crippen LogP contribution in [0.5, 0.6) is 0 Å². The lowest BCUT2D eigenvalue weighted by Gasteiger charge is -2.32. The smallest absolute Gasteiger partial charge is 0.270 e. The predicted molar refractivity (Wildman–Crippen MR) is 118 cm³/mol. The molecule has 0 bridgehead atoms. The molecule has 29 heavy (non-hydrogen) atoms. The Kier molecular flexibility index (Phi) is 6.32. The van der Waals surface area contributed by atoms with Crippen molar-refractivity contribution in [3.05, 3.63) is 78.1 Å². The molecule has 1 N–H and O–H groups in total. The maximum absolute atomic E-state index is 13.0. The second kappa shape index (κ2) is 9.29. The molecule has 1 saturated heterocycles. The van der Waals surface area contributed by atoms with E-state index >= 15 is 0 Å². The lowest BCUT2D eigenvalue weighted by molar-refractivity contribution is 0.0901. The number of benzene rings is 2. The van der Waals surface area contributed by atoms with Crippen molar-refractivity contribution in [2.45, 2.75) is 30.6 Å². The molecule has 1 aliphatic heterocycles. The third-order valence-electron chi connectivity index (χ3n) is 5.33. The van der Waals surface area contributed by atoms with Crippen LogP contribution in [0.25, 0.3) is 5.69 Å². The van der Waals surface area contributed by atoms with Gasteiger partial charge in [-0.05, 0) is 36.8 Å². The zero-order chi connectivity index (χ0) is 20.1. The molecule has 1 aliphatic rings. The average Bonchev–Trinajstić information content (AvgIpc) is 3.21. The van der Waals surface area contributed by atoms with Gasteiger partial charge in [-0.2, -0.15) is 0 Å². The van der Waals surface area contributed by atoms with Gasteiger partial charge in [-0.1, -0.05) is 60.3 Å². The molecular formula is C23H26N4OS.